The molecule has 7 nitrogen and oxygen atoms in total. The summed E-state index contributed by atoms with van der Waals surface area (Å²) in [7, 11) is 3.04. The van der Waals surface area contributed by atoms with Gasteiger partial charge in [-0.3, -0.25) is 19.4 Å². The SMILES string of the molecule is Cc1cc(C=C2C(=O)N(C)C(=S)N(C)C2=O)c(C)n1-c1ccc(Cl)c(C(=O)O)c1. The summed E-state index contributed by atoms with van der Waals surface area (Å²) in [5.74, 6) is -2.06. The van der Waals surface area contributed by atoms with Gasteiger partial charge in [-0.2, -0.15) is 0 Å². The van der Waals surface area contributed by atoms with E-state index in [9.17, 15) is 19.5 Å². The van der Waals surface area contributed by atoms with E-state index < -0.39 is 17.8 Å². The molecule has 1 aromatic heterocycles. The Labute approximate surface area is 177 Å². The molecular formula is C20H18ClN3O4S. The standard InChI is InChI=1S/C20H18ClN3O4S/c1-10-7-12(8-15-17(25)22(3)20(29)23(4)18(15)26)11(2)24(10)13-5-6-16(21)14(9-13)19(27)28/h5-9H,1-4H3,(H,27,28). The Bertz CT molecular complexity index is 1090. The van der Waals surface area contributed by atoms with Gasteiger partial charge in [-0.15, -0.1) is 0 Å². The van der Waals surface area contributed by atoms with Crippen LogP contribution in [-0.2, 0) is 9.59 Å². The van der Waals surface area contributed by atoms with E-state index >= 15 is 0 Å². The molecule has 0 saturated carbocycles. The molecule has 0 radical (unpaired) electrons. The number of aromatic nitrogens is 1. The smallest absolute Gasteiger partial charge is 0.337 e. The first-order chi connectivity index (χ1) is 13.5. The highest BCUT2D eigenvalue weighted by Crippen LogP contribution is 2.27. The van der Waals surface area contributed by atoms with Crippen LogP contribution in [0.5, 0.6) is 0 Å². The maximum Gasteiger partial charge on any atom is 0.337 e. The van der Waals surface area contributed by atoms with Crippen LogP contribution in [0.2, 0.25) is 5.02 Å². The zero-order chi connectivity index (χ0) is 21.6. The van der Waals surface area contributed by atoms with Crippen LogP contribution in [0.4, 0.5) is 0 Å². The molecule has 0 atom stereocenters. The quantitative estimate of drug-likeness (QED) is 0.459. The van der Waals surface area contributed by atoms with Crippen molar-refractivity contribution in [2.45, 2.75) is 13.8 Å². The van der Waals surface area contributed by atoms with Crippen LogP contribution in [0.1, 0.15) is 27.3 Å². The van der Waals surface area contributed by atoms with Crippen molar-refractivity contribution in [1.29, 1.82) is 0 Å². The van der Waals surface area contributed by atoms with Gasteiger partial charge >= 0.3 is 5.97 Å². The molecule has 2 amide bonds. The number of carboxylic acid groups (broad SMARTS) is 1. The first kappa shape index (κ1) is 20.8. The molecular weight excluding hydrogens is 414 g/mol. The van der Waals surface area contributed by atoms with Gasteiger partial charge < -0.3 is 9.67 Å². The van der Waals surface area contributed by atoms with Crippen LogP contribution >= 0.6 is 23.8 Å². The zero-order valence-corrected chi connectivity index (χ0v) is 17.8. The maximum atomic E-state index is 12.6. The summed E-state index contributed by atoms with van der Waals surface area (Å²) in [6.45, 7) is 3.67. The topological polar surface area (TPSA) is 82.9 Å². The van der Waals surface area contributed by atoms with Gasteiger partial charge in [0.2, 0.25) is 0 Å². The van der Waals surface area contributed by atoms with E-state index in [1.165, 1.54) is 42.1 Å². The Morgan fingerprint density at radius 1 is 1.10 bits per heavy atom. The number of rotatable bonds is 3. The Kier molecular flexibility index (Phi) is 5.34. The summed E-state index contributed by atoms with van der Waals surface area (Å²) < 4.78 is 1.84. The summed E-state index contributed by atoms with van der Waals surface area (Å²) >= 11 is 11.1. The summed E-state index contributed by atoms with van der Waals surface area (Å²) in [4.78, 5) is 39.0. The van der Waals surface area contributed by atoms with Crippen LogP contribution in [0.25, 0.3) is 11.8 Å². The molecule has 0 spiro atoms. The Hall–Kier alpha value is -2.97. The average molecular weight is 432 g/mol. The Morgan fingerprint density at radius 2 is 1.69 bits per heavy atom. The van der Waals surface area contributed by atoms with Gasteiger partial charge in [0.15, 0.2) is 5.11 Å². The second-order valence-electron chi connectivity index (χ2n) is 6.70. The van der Waals surface area contributed by atoms with Crippen molar-refractivity contribution in [1.82, 2.24) is 14.4 Å². The molecule has 1 fully saturated rings. The van der Waals surface area contributed by atoms with Gasteiger partial charge in [-0.1, -0.05) is 11.6 Å². The van der Waals surface area contributed by atoms with E-state index in [-0.39, 0.29) is 21.3 Å². The van der Waals surface area contributed by atoms with Crippen molar-refractivity contribution in [3.63, 3.8) is 0 Å². The van der Waals surface area contributed by atoms with E-state index in [1.807, 2.05) is 24.5 Å². The molecule has 2 aromatic rings. The highest BCUT2D eigenvalue weighted by molar-refractivity contribution is 7.80. The third-order valence-corrected chi connectivity index (χ3v) is 5.73. The normalized spacial score (nSPS) is 14.7. The zero-order valence-electron chi connectivity index (χ0n) is 16.2. The van der Waals surface area contributed by atoms with Crippen molar-refractivity contribution < 1.29 is 19.5 Å². The fourth-order valence-corrected chi connectivity index (χ4v) is 3.64. The number of likely N-dealkylation sites (N-methyl/N-ethyl adjacent to an activating group) is 2. The second-order valence-corrected chi connectivity index (χ2v) is 7.47. The molecule has 1 aliphatic rings. The number of hydrogen-bond donors (Lipinski definition) is 1. The summed E-state index contributed by atoms with van der Waals surface area (Å²) in [6.07, 6.45) is 1.53. The maximum absolute atomic E-state index is 12.6. The van der Waals surface area contributed by atoms with Gasteiger partial charge in [0.25, 0.3) is 11.8 Å². The fraction of sp³-hybridized carbons (Fsp3) is 0.200. The lowest BCUT2D eigenvalue weighted by molar-refractivity contribution is -0.132. The van der Waals surface area contributed by atoms with E-state index in [2.05, 4.69) is 0 Å². The van der Waals surface area contributed by atoms with E-state index in [4.69, 9.17) is 23.8 Å². The second kappa shape index (κ2) is 7.46. The highest BCUT2D eigenvalue weighted by Gasteiger charge is 2.35. The lowest BCUT2D eigenvalue weighted by Gasteiger charge is -2.31. The predicted molar refractivity (Wildman–Crippen MR) is 113 cm³/mol. The number of halogens is 1. The molecule has 0 aliphatic carbocycles. The Balaban J connectivity index is 2.12. The van der Waals surface area contributed by atoms with E-state index in [0.29, 0.717) is 11.3 Å². The van der Waals surface area contributed by atoms with Gasteiger partial charge in [-0.25, -0.2) is 4.79 Å². The minimum atomic E-state index is -1.12. The number of carboxylic acids is 1. The van der Waals surface area contributed by atoms with E-state index in [0.717, 1.165) is 11.4 Å². The number of benzene rings is 1. The lowest BCUT2D eigenvalue weighted by Crippen LogP contribution is -2.52. The first-order valence-corrected chi connectivity index (χ1v) is 9.37. The molecule has 1 N–H and O–H groups in total. The van der Waals surface area contributed by atoms with Crippen LogP contribution in [0.15, 0.2) is 29.8 Å². The monoisotopic (exact) mass is 431 g/mol. The first-order valence-electron chi connectivity index (χ1n) is 8.58. The van der Waals surface area contributed by atoms with Gasteiger partial charge in [0.05, 0.1) is 10.6 Å². The van der Waals surface area contributed by atoms with Gasteiger partial charge in [0.1, 0.15) is 5.57 Å². The number of carbonyl (C=O) groups excluding carboxylic acids is 2. The summed E-state index contributed by atoms with van der Waals surface area (Å²) in [5.41, 5.74) is 2.83. The Morgan fingerprint density at radius 3 is 2.24 bits per heavy atom. The number of hydrogen-bond acceptors (Lipinski definition) is 4. The largest absolute Gasteiger partial charge is 0.478 e. The van der Waals surface area contributed by atoms with Crippen molar-refractivity contribution >= 4 is 52.8 Å². The summed E-state index contributed by atoms with van der Waals surface area (Å²) in [6, 6.07) is 6.54. The number of aryl methyl sites for hydroxylation is 1. The van der Waals surface area contributed by atoms with Gasteiger partial charge in [-0.05, 0) is 62.0 Å². The molecule has 0 unspecified atom stereocenters. The van der Waals surface area contributed by atoms with E-state index in [1.54, 1.807) is 6.07 Å². The highest BCUT2D eigenvalue weighted by atomic mass is 35.5. The predicted octanol–water partition coefficient (Wildman–Crippen LogP) is 3.04. The molecule has 150 valence electrons. The third-order valence-electron chi connectivity index (χ3n) is 4.85. The molecule has 2 heterocycles. The fourth-order valence-electron chi connectivity index (χ4n) is 3.28. The molecule has 3 rings (SSSR count). The third kappa shape index (κ3) is 3.45. The summed E-state index contributed by atoms with van der Waals surface area (Å²) in [5, 5.41) is 9.62. The number of carbonyl (C=O) groups is 3. The van der Waals surface area contributed by atoms with Crippen molar-refractivity contribution in [3.8, 4) is 5.69 Å². The molecule has 0 bridgehead atoms. The molecule has 1 aromatic carbocycles. The molecule has 9 heteroatoms. The number of aromatic carboxylic acids is 1. The minimum absolute atomic E-state index is 0.00572. The lowest BCUT2D eigenvalue weighted by atomic mass is 10.1. The number of amides is 2. The molecule has 1 saturated heterocycles. The number of thiocarbonyl (C=S) groups is 1. The van der Waals surface area contributed by atoms with Crippen molar-refractivity contribution in [2.24, 2.45) is 0 Å². The molecule has 29 heavy (non-hydrogen) atoms. The van der Waals surface area contributed by atoms with Crippen LogP contribution in [0.3, 0.4) is 0 Å². The molecule has 1 aliphatic heterocycles. The van der Waals surface area contributed by atoms with Crippen LogP contribution in [-0.4, -0.2) is 56.5 Å². The minimum Gasteiger partial charge on any atom is -0.478 e. The van der Waals surface area contributed by atoms with Gasteiger partial charge in [0, 0.05) is 31.2 Å². The van der Waals surface area contributed by atoms with Crippen molar-refractivity contribution in [2.75, 3.05) is 14.1 Å². The number of nitrogens with zero attached hydrogens (tertiary/aromatic N) is 3. The average Bonchev–Trinajstić information content (AvgIpc) is 2.95. The van der Waals surface area contributed by atoms with Crippen molar-refractivity contribution in [3.05, 3.63) is 57.4 Å². The van der Waals surface area contributed by atoms with Crippen LogP contribution in [0, 0.1) is 13.8 Å². The van der Waals surface area contributed by atoms with Crippen LogP contribution < -0.4 is 0 Å².